The van der Waals surface area contributed by atoms with Gasteiger partial charge in [0.2, 0.25) is 23.6 Å². The van der Waals surface area contributed by atoms with Crippen molar-refractivity contribution < 1.29 is 19.2 Å². The summed E-state index contributed by atoms with van der Waals surface area (Å²) in [5.41, 5.74) is 11.4. The number of amides is 4. The number of aromatic amines is 1. The largest absolute Gasteiger partial charge is 0.368 e. The number of nitrogens with zero attached hydrogens (tertiary/aromatic N) is 1. The van der Waals surface area contributed by atoms with Gasteiger partial charge in [0.1, 0.15) is 18.1 Å². The predicted molar refractivity (Wildman–Crippen MR) is 120 cm³/mol. The number of nitrogens with one attached hydrogen (secondary N) is 4. The first-order valence-electron chi connectivity index (χ1n) is 11.0. The molecule has 0 saturated heterocycles. The van der Waals surface area contributed by atoms with Crippen molar-refractivity contribution in [2.45, 2.75) is 77.4 Å². The Labute approximate surface area is 188 Å². The quantitative estimate of drug-likeness (QED) is 0.195. The second-order valence-electron chi connectivity index (χ2n) is 8.32. The maximum absolute atomic E-state index is 13.0. The molecule has 0 fully saturated rings. The summed E-state index contributed by atoms with van der Waals surface area (Å²) in [5, 5.41) is 7.98. The van der Waals surface area contributed by atoms with Crippen LogP contribution < -0.4 is 27.4 Å². The van der Waals surface area contributed by atoms with Gasteiger partial charge in [-0.15, -0.1) is 0 Å². The van der Waals surface area contributed by atoms with Crippen molar-refractivity contribution >= 4 is 23.6 Å². The van der Waals surface area contributed by atoms with Gasteiger partial charge in [-0.1, -0.05) is 20.3 Å². The standard InChI is InChI=1S/C21H37N7O4/c1-13(2)9-16(20(31)26-14(3)19(23)30)28-21(32)17(10-15-11-24-12-25-15)27-18(29)7-5-4-6-8-22/h11-14,16-17H,4-10,22H2,1-3H3,(H2,23,30)(H,24,25)(H,26,31)(H,27,29)(H,28,32)/t14-,16?,17-/m0/s1. The van der Waals surface area contributed by atoms with Crippen LogP contribution in [0.25, 0.3) is 0 Å². The van der Waals surface area contributed by atoms with Crippen molar-refractivity contribution in [2.75, 3.05) is 6.54 Å². The first-order valence-corrected chi connectivity index (χ1v) is 11.0. The second kappa shape index (κ2) is 14.2. The molecule has 0 aliphatic heterocycles. The molecule has 0 saturated carbocycles. The van der Waals surface area contributed by atoms with Gasteiger partial charge in [0.15, 0.2) is 0 Å². The lowest BCUT2D eigenvalue weighted by molar-refractivity contribution is -0.133. The molecule has 3 atom stereocenters. The van der Waals surface area contributed by atoms with E-state index in [4.69, 9.17) is 11.5 Å². The van der Waals surface area contributed by atoms with Gasteiger partial charge in [0, 0.05) is 24.7 Å². The molecule has 0 spiro atoms. The zero-order valence-electron chi connectivity index (χ0n) is 19.1. The summed E-state index contributed by atoms with van der Waals surface area (Å²) in [6.07, 6.45) is 6.21. The average molecular weight is 452 g/mol. The van der Waals surface area contributed by atoms with Gasteiger partial charge in [0.05, 0.1) is 6.33 Å². The highest BCUT2D eigenvalue weighted by molar-refractivity contribution is 5.94. The minimum Gasteiger partial charge on any atom is -0.368 e. The normalized spacial score (nSPS) is 13.8. The average Bonchev–Trinajstić information content (AvgIpc) is 3.22. The maximum Gasteiger partial charge on any atom is 0.243 e. The van der Waals surface area contributed by atoms with Gasteiger partial charge < -0.3 is 32.4 Å². The van der Waals surface area contributed by atoms with E-state index in [0.29, 0.717) is 25.1 Å². The Morgan fingerprint density at radius 3 is 2.25 bits per heavy atom. The molecular weight excluding hydrogens is 414 g/mol. The fourth-order valence-electron chi connectivity index (χ4n) is 3.06. The van der Waals surface area contributed by atoms with Crippen LogP contribution >= 0.6 is 0 Å². The number of H-pyrrole nitrogens is 1. The van der Waals surface area contributed by atoms with Gasteiger partial charge in [-0.05, 0) is 38.6 Å². The highest BCUT2D eigenvalue weighted by Crippen LogP contribution is 2.08. The summed E-state index contributed by atoms with van der Waals surface area (Å²) in [5.74, 6) is -1.84. The number of aromatic nitrogens is 2. The van der Waals surface area contributed by atoms with Crippen molar-refractivity contribution in [3.05, 3.63) is 18.2 Å². The van der Waals surface area contributed by atoms with E-state index in [1.807, 2.05) is 13.8 Å². The van der Waals surface area contributed by atoms with E-state index in [1.165, 1.54) is 13.3 Å². The van der Waals surface area contributed by atoms with E-state index in [2.05, 4.69) is 25.9 Å². The molecule has 1 heterocycles. The molecular formula is C21H37N7O4. The highest BCUT2D eigenvalue weighted by atomic mass is 16.2. The number of primary amides is 1. The van der Waals surface area contributed by atoms with Crippen LogP contribution in [0.1, 0.15) is 58.6 Å². The van der Waals surface area contributed by atoms with Crippen LogP contribution in [0.2, 0.25) is 0 Å². The summed E-state index contributed by atoms with van der Waals surface area (Å²) in [4.78, 5) is 56.2. The Kier molecular flexibility index (Phi) is 12.0. The molecule has 0 radical (unpaired) electrons. The zero-order valence-corrected chi connectivity index (χ0v) is 19.1. The SMILES string of the molecule is CC(C)CC(NC(=O)[C@H](Cc1cnc[nH]1)NC(=O)CCCCCN)C(=O)N[C@@H](C)C(N)=O. The Morgan fingerprint density at radius 1 is 1.00 bits per heavy atom. The van der Waals surface area contributed by atoms with Crippen LogP contribution in [0.5, 0.6) is 0 Å². The molecule has 180 valence electrons. The van der Waals surface area contributed by atoms with E-state index < -0.39 is 35.8 Å². The number of nitrogens with two attached hydrogens (primary N) is 2. The van der Waals surface area contributed by atoms with Crippen LogP contribution in [0.3, 0.4) is 0 Å². The van der Waals surface area contributed by atoms with Gasteiger partial charge in [0.25, 0.3) is 0 Å². The van der Waals surface area contributed by atoms with Gasteiger partial charge in [-0.25, -0.2) is 4.98 Å². The van der Waals surface area contributed by atoms with E-state index >= 15 is 0 Å². The molecule has 1 rings (SSSR count). The fraction of sp³-hybridized carbons (Fsp3) is 0.667. The van der Waals surface area contributed by atoms with Crippen molar-refractivity contribution in [2.24, 2.45) is 17.4 Å². The number of imidazole rings is 1. The summed E-state index contributed by atoms with van der Waals surface area (Å²) >= 11 is 0. The number of rotatable bonds is 15. The van der Waals surface area contributed by atoms with E-state index in [0.717, 1.165) is 12.8 Å². The van der Waals surface area contributed by atoms with E-state index in [1.54, 1.807) is 6.20 Å². The number of carbonyl (C=O) groups is 4. The molecule has 32 heavy (non-hydrogen) atoms. The van der Waals surface area contributed by atoms with Gasteiger partial charge in [-0.3, -0.25) is 19.2 Å². The lowest BCUT2D eigenvalue weighted by Gasteiger charge is -2.25. The van der Waals surface area contributed by atoms with Crippen LogP contribution in [0, 0.1) is 5.92 Å². The molecule has 8 N–H and O–H groups in total. The molecule has 0 aliphatic carbocycles. The molecule has 1 aromatic rings. The third kappa shape index (κ3) is 10.4. The molecule has 11 nitrogen and oxygen atoms in total. The Balaban J connectivity index is 2.87. The first-order chi connectivity index (χ1) is 15.1. The minimum atomic E-state index is -0.895. The topological polar surface area (TPSA) is 185 Å². The number of hydrogen-bond acceptors (Lipinski definition) is 6. The predicted octanol–water partition coefficient (Wildman–Crippen LogP) is -0.523. The number of hydrogen-bond donors (Lipinski definition) is 6. The first kappa shape index (κ1) is 27.1. The Morgan fingerprint density at radius 2 is 1.69 bits per heavy atom. The number of unbranched alkanes of at least 4 members (excludes halogenated alkanes) is 2. The van der Waals surface area contributed by atoms with E-state index in [-0.39, 0.29) is 24.7 Å². The van der Waals surface area contributed by atoms with Crippen molar-refractivity contribution in [1.29, 1.82) is 0 Å². The van der Waals surface area contributed by atoms with Crippen LogP contribution in [0.15, 0.2) is 12.5 Å². The molecule has 0 aromatic carbocycles. The van der Waals surface area contributed by atoms with Crippen LogP contribution in [0.4, 0.5) is 0 Å². The molecule has 1 aromatic heterocycles. The van der Waals surface area contributed by atoms with Crippen molar-refractivity contribution in [3.8, 4) is 0 Å². The van der Waals surface area contributed by atoms with Crippen LogP contribution in [-0.4, -0.2) is 58.3 Å². The van der Waals surface area contributed by atoms with Gasteiger partial charge in [-0.2, -0.15) is 0 Å². The Bertz CT molecular complexity index is 737. The number of carbonyl (C=O) groups excluding carboxylic acids is 4. The minimum absolute atomic E-state index is 0.0955. The van der Waals surface area contributed by atoms with Crippen LogP contribution in [-0.2, 0) is 25.6 Å². The highest BCUT2D eigenvalue weighted by Gasteiger charge is 2.29. The van der Waals surface area contributed by atoms with Crippen molar-refractivity contribution in [3.63, 3.8) is 0 Å². The summed E-state index contributed by atoms with van der Waals surface area (Å²) in [6.45, 7) is 5.87. The third-order valence-electron chi connectivity index (χ3n) is 4.86. The molecule has 11 heteroatoms. The second-order valence-corrected chi connectivity index (χ2v) is 8.32. The monoisotopic (exact) mass is 451 g/mol. The summed E-state index contributed by atoms with van der Waals surface area (Å²) in [7, 11) is 0. The van der Waals surface area contributed by atoms with E-state index in [9.17, 15) is 19.2 Å². The fourth-order valence-corrected chi connectivity index (χ4v) is 3.06. The Hall–Kier alpha value is -2.95. The third-order valence-corrected chi connectivity index (χ3v) is 4.86. The smallest absolute Gasteiger partial charge is 0.243 e. The molecule has 4 amide bonds. The summed E-state index contributed by atoms with van der Waals surface area (Å²) in [6, 6.07) is -2.65. The molecule has 0 bridgehead atoms. The molecule has 1 unspecified atom stereocenters. The van der Waals surface area contributed by atoms with Crippen molar-refractivity contribution in [1.82, 2.24) is 25.9 Å². The summed E-state index contributed by atoms with van der Waals surface area (Å²) < 4.78 is 0. The zero-order chi connectivity index (χ0) is 24.1. The lowest BCUT2D eigenvalue weighted by Crippen LogP contribution is -2.56. The maximum atomic E-state index is 13.0. The lowest BCUT2D eigenvalue weighted by atomic mass is 10.0. The molecule has 0 aliphatic rings. The van der Waals surface area contributed by atoms with Gasteiger partial charge >= 0.3 is 0 Å².